The summed E-state index contributed by atoms with van der Waals surface area (Å²) in [7, 11) is -2.78. The van der Waals surface area contributed by atoms with Gasteiger partial charge in [-0.05, 0) is 26.3 Å². The molecule has 4 fully saturated rings. The van der Waals surface area contributed by atoms with Gasteiger partial charge in [0.15, 0.2) is 15.5 Å². The van der Waals surface area contributed by atoms with Crippen molar-refractivity contribution in [3.8, 4) is 0 Å². The molecule has 8 atom stereocenters. The van der Waals surface area contributed by atoms with E-state index in [1.54, 1.807) is 38.1 Å². The molecule has 4 aliphatic rings. The Kier molecular flexibility index (Phi) is 8.93. The first kappa shape index (κ1) is 35.0. The van der Waals surface area contributed by atoms with Crippen molar-refractivity contribution in [2.75, 3.05) is 7.11 Å². The van der Waals surface area contributed by atoms with Gasteiger partial charge < -0.3 is 30.9 Å². The maximum atomic E-state index is 12.8. The number of methoxy groups -OCH3 is 1. The van der Waals surface area contributed by atoms with E-state index >= 15 is 0 Å². The van der Waals surface area contributed by atoms with Crippen molar-refractivity contribution in [2.24, 2.45) is 17.6 Å². The van der Waals surface area contributed by atoms with Crippen LogP contribution in [0.4, 0.5) is 0 Å². The number of β-lactam (4-membered cyclic amide) rings is 1. The van der Waals surface area contributed by atoms with Gasteiger partial charge in [0.25, 0.3) is 0 Å². The number of benzene rings is 1. The first-order chi connectivity index (χ1) is 22.4. The molecule has 3 aliphatic heterocycles. The molecule has 4 heterocycles. The summed E-state index contributed by atoms with van der Waals surface area (Å²) in [4.78, 5) is 72.6. The van der Waals surface area contributed by atoms with Gasteiger partial charge >= 0.3 is 17.9 Å². The number of ether oxygens (including phenoxy) is 1. The van der Waals surface area contributed by atoms with Crippen molar-refractivity contribution in [1.82, 2.24) is 25.2 Å². The third-order valence-electron chi connectivity index (χ3n) is 9.40. The van der Waals surface area contributed by atoms with Gasteiger partial charge in [0.05, 0.1) is 31.0 Å². The van der Waals surface area contributed by atoms with Crippen LogP contribution < -0.4 is 11.1 Å². The summed E-state index contributed by atoms with van der Waals surface area (Å²) in [6.07, 6.45) is 0.930. The lowest BCUT2D eigenvalue weighted by Gasteiger charge is -2.43. The third kappa shape index (κ3) is 5.42. The van der Waals surface area contributed by atoms with Crippen LogP contribution in [0.1, 0.15) is 49.3 Å². The molecule has 2 aromatic rings. The maximum Gasteiger partial charge on any atom is 0.358 e. The fourth-order valence-electron chi connectivity index (χ4n) is 6.85. The van der Waals surface area contributed by atoms with Gasteiger partial charge in [0, 0.05) is 17.1 Å². The zero-order valence-corrected chi connectivity index (χ0v) is 27.8. The lowest BCUT2D eigenvalue weighted by molar-refractivity contribution is -0.161. The summed E-state index contributed by atoms with van der Waals surface area (Å²) in [6.45, 7) is 4.44. The monoisotopic (exact) mass is 706 g/mol. The lowest BCUT2D eigenvalue weighted by atomic mass is 9.70. The van der Waals surface area contributed by atoms with Crippen LogP contribution >= 0.6 is 11.8 Å². The van der Waals surface area contributed by atoms with Crippen LogP contribution in [-0.4, -0.2) is 113 Å². The molecule has 2 amide bonds. The summed E-state index contributed by atoms with van der Waals surface area (Å²) >= 11 is 1.38. The zero-order chi connectivity index (χ0) is 35.5. The number of ketones is 1. The maximum absolute atomic E-state index is 12.8. The Balaban J connectivity index is 0.000000188. The van der Waals surface area contributed by atoms with Gasteiger partial charge in [-0.3, -0.25) is 19.2 Å². The second-order valence-corrected chi connectivity index (χ2v) is 17.0. The number of sulfone groups is 1. The average Bonchev–Trinajstić information content (AvgIpc) is 3.63. The number of thioether (sulfide) groups is 1. The van der Waals surface area contributed by atoms with E-state index < -0.39 is 84.9 Å². The molecule has 1 saturated carbocycles. The van der Waals surface area contributed by atoms with E-state index in [1.807, 2.05) is 6.07 Å². The summed E-state index contributed by atoms with van der Waals surface area (Å²) < 4.78 is 28.8. The number of nitrogens with two attached hydrogens (primary N) is 1. The number of aromatic nitrogens is 3. The Morgan fingerprint density at radius 3 is 2.33 bits per heavy atom. The predicted octanol–water partition coefficient (Wildman–Crippen LogP) is -0.772. The number of carboxylic acid groups (broad SMARTS) is 2. The van der Waals surface area contributed by atoms with Crippen molar-refractivity contribution >= 4 is 57.1 Å². The summed E-state index contributed by atoms with van der Waals surface area (Å²) in [6, 6.07) is 6.38. The molecule has 3 saturated heterocycles. The summed E-state index contributed by atoms with van der Waals surface area (Å²) in [5, 5.41) is 27.4. The number of carbonyl (C=O) groups excluding carboxylic acids is 4. The number of nitrogens with zero attached hydrogens (tertiary/aromatic N) is 4. The molecule has 258 valence electrons. The molecule has 6 rings (SSSR count). The molecule has 0 radical (unpaired) electrons. The van der Waals surface area contributed by atoms with Crippen molar-refractivity contribution in [3.63, 3.8) is 0 Å². The number of fused-ring (bicyclic) bond motifs is 2. The Hall–Kier alpha value is -4.36. The van der Waals surface area contributed by atoms with Crippen LogP contribution in [0.15, 0.2) is 36.5 Å². The van der Waals surface area contributed by atoms with E-state index in [1.165, 1.54) is 23.6 Å². The number of nitrogens with one attached hydrogen (secondary N) is 1. The molecule has 1 aromatic heterocycles. The molecular weight excluding hydrogens is 672 g/mol. The molecule has 0 spiro atoms. The largest absolute Gasteiger partial charge is 0.481 e. The number of carbonyl (C=O) groups is 6. The van der Waals surface area contributed by atoms with Crippen LogP contribution in [0.3, 0.4) is 0 Å². The highest BCUT2D eigenvalue weighted by atomic mass is 32.2. The highest BCUT2D eigenvalue weighted by Crippen LogP contribution is 2.54. The van der Waals surface area contributed by atoms with E-state index in [0.29, 0.717) is 5.56 Å². The number of Topliss-reactive ketones (excluding diaryl/α,β-unsaturated/α-hetero) is 1. The minimum Gasteiger partial charge on any atom is -0.481 e. The first-order valence-corrected chi connectivity index (χ1v) is 17.1. The second-order valence-electron chi connectivity index (χ2n) is 12.6. The van der Waals surface area contributed by atoms with Crippen LogP contribution in [0, 0.1) is 11.8 Å². The van der Waals surface area contributed by atoms with Crippen LogP contribution in [0.5, 0.6) is 0 Å². The highest BCUT2D eigenvalue weighted by Gasteiger charge is 2.71. The van der Waals surface area contributed by atoms with E-state index in [9.17, 15) is 47.4 Å². The number of rotatable bonds is 8. The number of carboxylic acids is 2. The number of esters is 1. The Labute approximate surface area is 278 Å². The number of amides is 2. The first-order valence-electron chi connectivity index (χ1n) is 14.7. The van der Waals surface area contributed by atoms with E-state index in [4.69, 9.17) is 5.73 Å². The minimum atomic E-state index is -3.92. The molecule has 48 heavy (non-hydrogen) atoms. The average molecular weight is 707 g/mol. The van der Waals surface area contributed by atoms with Gasteiger partial charge in [0.1, 0.15) is 34.0 Å². The summed E-state index contributed by atoms with van der Waals surface area (Å²) in [5.74, 6) is -6.81. The molecule has 1 aliphatic carbocycles. The number of hydrogen-bond donors (Lipinski definition) is 4. The van der Waals surface area contributed by atoms with E-state index in [2.05, 4.69) is 20.4 Å². The van der Waals surface area contributed by atoms with Gasteiger partial charge in [-0.2, -0.15) is 0 Å². The standard InChI is InChI=1S/C16H19N3O4S.C13H15N3O7S/c1-16(2)11(15(22)23)19-13(21)10(14(19)24-16)18-12(20)9(17)8-6-4-3-5-7-8;1-13(5-16-6(4-14-15-16)12(20)23-2)10(11(18)19)9-7(17)3-8(9)24(13,21)22/h3-7,9-11,14H,17H2,1-2H3,(H,18,20)(H,22,23);4,8-10H,3,5H2,1-2H3,(H,18,19)/t9?,10-,11+,14-;8?,9?,10-,13-/m10/s1. The summed E-state index contributed by atoms with van der Waals surface area (Å²) in [5.41, 5.74) is 6.50. The second kappa shape index (κ2) is 12.3. The molecule has 5 N–H and O–H groups in total. The fraction of sp³-hybridized carbons (Fsp3) is 0.517. The molecular formula is C29H34N6O11S2. The smallest absolute Gasteiger partial charge is 0.358 e. The third-order valence-corrected chi connectivity index (χ3v) is 13.9. The zero-order valence-electron chi connectivity index (χ0n) is 26.2. The van der Waals surface area contributed by atoms with Crippen molar-refractivity contribution in [2.45, 2.75) is 72.0 Å². The van der Waals surface area contributed by atoms with Crippen LogP contribution in [0.25, 0.3) is 0 Å². The SMILES string of the molecule is CC1(C)S[C@@H]2[C@H](NC(=O)C(N)c3ccccc3)C(=O)N2[C@H]1C(=O)O.COC(=O)c1cnnn1C[C@@]1(C)[C@H](C(=O)O)C2C(=O)CC2S1(=O)=O. The fourth-order valence-corrected chi connectivity index (χ4v) is 11.2. The predicted molar refractivity (Wildman–Crippen MR) is 166 cm³/mol. The molecule has 3 unspecified atom stereocenters. The van der Waals surface area contributed by atoms with Gasteiger partial charge in [-0.25, -0.2) is 22.7 Å². The minimum absolute atomic E-state index is 0.0939. The highest BCUT2D eigenvalue weighted by molar-refractivity contribution is 8.01. The van der Waals surface area contributed by atoms with Crippen LogP contribution in [-0.2, 0) is 45.1 Å². The molecule has 0 bridgehead atoms. The normalized spacial score (nSPS) is 31.1. The molecule has 1 aromatic carbocycles. The topological polar surface area (TPSA) is 258 Å². The number of hydrogen-bond acceptors (Lipinski definition) is 13. The Bertz CT molecular complexity index is 1800. The Morgan fingerprint density at radius 2 is 1.77 bits per heavy atom. The van der Waals surface area contributed by atoms with Crippen molar-refractivity contribution in [3.05, 3.63) is 47.8 Å². The molecule has 17 nitrogen and oxygen atoms in total. The van der Waals surface area contributed by atoms with Gasteiger partial charge in [-0.15, -0.1) is 16.9 Å². The number of aliphatic carboxylic acids is 2. The van der Waals surface area contributed by atoms with E-state index in [-0.39, 0.29) is 29.2 Å². The molecule has 19 heteroatoms. The van der Waals surface area contributed by atoms with E-state index in [0.717, 1.165) is 18.0 Å². The van der Waals surface area contributed by atoms with Crippen molar-refractivity contribution in [1.29, 1.82) is 0 Å². The Morgan fingerprint density at radius 1 is 1.12 bits per heavy atom. The van der Waals surface area contributed by atoms with Gasteiger partial charge in [-0.1, -0.05) is 35.5 Å². The lowest BCUT2D eigenvalue weighted by Crippen LogP contribution is -2.71. The van der Waals surface area contributed by atoms with Crippen LogP contribution in [0.2, 0.25) is 0 Å². The quantitative estimate of drug-likeness (QED) is 0.194. The van der Waals surface area contributed by atoms with Crippen molar-refractivity contribution < 1.29 is 52.1 Å². The van der Waals surface area contributed by atoms with Gasteiger partial charge in [0.2, 0.25) is 11.8 Å².